The fourth-order valence-electron chi connectivity index (χ4n) is 3.63. The Morgan fingerprint density at radius 3 is 2.43 bits per heavy atom. The summed E-state index contributed by atoms with van der Waals surface area (Å²) in [5, 5.41) is 3.29. The molecule has 1 aliphatic rings. The summed E-state index contributed by atoms with van der Waals surface area (Å²) in [5.74, 6) is 0.766. The number of carbonyl (C=O) groups is 1. The van der Waals surface area contributed by atoms with Crippen LogP contribution in [-0.2, 0) is 0 Å². The Morgan fingerprint density at radius 1 is 1.17 bits per heavy atom. The van der Waals surface area contributed by atoms with Crippen molar-refractivity contribution in [2.45, 2.75) is 13.3 Å². The Morgan fingerprint density at radius 2 is 1.83 bits per heavy atom. The van der Waals surface area contributed by atoms with Crippen molar-refractivity contribution in [1.82, 2.24) is 9.88 Å². The summed E-state index contributed by atoms with van der Waals surface area (Å²) in [4.78, 5) is 23.3. The number of hydrogen-bond acceptors (Lipinski definition) is 6. The fourth-order valence-corrected chi connectivity index (χ4v) is 3.63. The highest BCUT2D eigenvalue weighted by Crippen LogP contribution is 2.32. The molecule has 8 heteroatoms. The first-order valence-corrected chi connectivity index (χ1v) is 10.2. The Labute approximate surface area is 177 Å². The number of carbonyl (C=O) groups excluding carboxylic acids is 1. The van der Waals surface area contributed by atoms with Crippen LogP contribution in [0, 0.1) is 5.82 Å². The van der Waals surface area contributed by atoms with Crippen LogP contribution in [0.2, 0.25) is 0 Å². The number of hydrogen-bond donors (Lipinski definition) is 1. The highest BCUT2D eigenvalue weighted by molar-refractivity contribution is 6.04. The van der Waals surface area contributed by atoms with E-state index in [1.807, 2.05) is 6.07 Å². The molecule has 0 aliphatic carbocycles. The number of rotatable bonds is 7. The molecule has 1 fully saturated rings. The van der Waals surface area contributed by atoms with Crippen LogP contribution >= 0.6 is 0 Å². The number of halogens is 1. The lowest BCUT2D eigenvalue weighted by atomic mass is 10.1. The second kappa shape index (κ2) is 9.65. The first-order valence-electron chi connectivity index (χ1n) is 10.2. The first kappa shape index (κ1) is 21.7. The Kier molecular flexibility index (Phi) is 6.97. The summed E-state index contributed by atoms with van der Waals surface area (Å²) in [6.07, 6.45) is 2.69. The molecule has 162 valence electrons. The van der Waals surface area contributed by atoms with E-state index in [9.17, 15) is 9.18 Å². The zero-order valence-electron chi connectivity index (χ0n) is 18.1. The molecule has 0 atom stereocenters. The SMILES string of the molecule is CCCNc1nccc(N2CCN(c3ccc(F)cc3OC)CC2)c1C(=O)N(C)C. The summed E-state index contributed by atoms with van der Waals surface area (Å²) in [6.45, 7) is 5.75. The largest absolute Gasteiger partial charge is 0.494 e. The quantitative estimate of drug-likeness (QED) is 0.750. The molecule has 1 amide bonds. The molecule has 7 nitrogen and oxygen atoms in total. The van der Waals surface area contributed by atoms with Crippen molar-refractivity contribution in [1.29, 1.82) is 0 Å². The van der Waals surface area contributed by atoms with Gasteiger partial charge in [0.15, 0.2) is 0 Å². The Hall–Kier alpha value is -3.03. The maximum atomic E-state index is 13.5. The van der Waals surface area contributed by atoms with Gasteiger partial charge in [-0.15, -0.1) is 0 Å². The van der Waals surface area contributed by atoms with E-state index in [1.54, 1.807) is 38.4 Å². The number of nitrogens with zero attached hydrogens (tertiary/aromatic N) is 4. The van der Waals surface area contributed by atoms with Crippen molar-refractivity contribution >= 4 is 23.1 Å². The number of methoxy groups -OCH3 is 1. The number of pyridine rings is 1. The molecule has 1 aromatic carbocycles. The van der Waals surface area contributed by atoms with E-state index in [-0.39, 0.29) is 11.7 Å². The lowest BCUT2D eigenvalue weighted by Gasteiger charge is -2.38. The normalized spacial score (nSPS) is 13.9. The molecule has 0 radical (unpaired) electrons. The third kappa shape index (κ3) is 4.58. The van der Waals surface area contributed by atoms with Gasteiger partial charge in [0, 0.05) is 59.1 Å². The second-order valence-corrected chi connectivity index (χ2v) is 7.47. The van der Waals surface area contributed by atoms with Crippen molar-refractivity contribution in [3.63, 3.8) is 0 Å². The molecule has 3 rings (SSSR count). The third-order valence-electron chi connectivity index (χ3n) is 5.19. The predicted octanol–water partition coefficient (Wildman–Crippen LogP) is 3.08. The topological polar surface area (TPSA) is 60.9 Å². The van der Waals surface area contributed by atoms with Gasteiger partial charge in [0.25, 0.3) is 5.91 Å². The molecule has 1 N–H and O–H groups in total. The molecular formula is C22H30FN5O2. The monoisotopic (exact) mass is 415 g/mol. The maximum absolute atomic E-state index is 13.5. The minimum absolute atomic E-state index is 0.0701. The minimum Gasteiger partial charge on any atom is -0.494 e. The van der Waals surface area contributed by atoms with E-state index in [1.165, 1.54) is 12.1 Å². The van der Waals surface area contributed by atoms with Gasteiger partial charge in [-0.25, -0.2) is 9.37 Å². The van der Waals surface area contributed by atoms with Gasteiger partial charge in [0.05, 0.1) is 18.5 Å². The average molecular weight is 416 g/mol. The van der Waals surface area contributed by atoms with Crippen LogP contribution in [0.3, 0.4) is 0 Å². The number of aromatic nitrogens is 1. The van der Waals surface area contributed by atoms with Gasteiger partial charge >= 0.3 is 0 Å². The molecule has 0 unspecified atom stereocenters. The van der Waals surface area contributed by atoms with E-state index in [4.69, 9.17) is 4.74 Å². The summed E-state index contributed by atoms with van der Waals surface area (Å²) < 4.78 is 18.9. The van der Waals surface area contributed by atoms with Gasteiger partial charge in [-0.05, 0) is 24.6 Å². The summed E-state index contributed by atoms with van der Waals surface area (Å²) >= 11 is 0. The molecule has 0 saturated carbocycles. The van der Waals surface area contributed by atoms with Crippen molar-refractivity contribution in [3.05, 3.63) is 41.8 Å². The highest BCUT2D eigenvalue weighted by atomic mass is 19.1. The molecule has 2 aromatic rings. The van der Waals surface area contributed by atoms with Gasteiger partial charge in [-0.1, -0.05) is 6.92 Å². The van der Waals surface area contributed by atoms with E-state index in [0.717, 1.165) is 50.5 Å². The molecular weight excluding hydrogens is 385 g/mol. The predicted molar refractivity (Wildman–Crippen MR) is 118 cm³/mol. The van der Waals surface area contributed by atoms with Gasteiger partial charge in [-0.3, -0.25) is 4.79 Å². The van der Waals surface area contributed by atoms with Crippen LogP contribution in [0.25, 0.3) is 0 Å². The van der Waals surface area contributed by atoms with E-state index < -0.39 is 0 Å². The average Bonchev–Trinajstić information content (AvgIpc) is 2.76. The smallest absolute Gasteiger partial charge is 0.259 e. The van der Waals surface area contributed by atoms with Crippen molar-refractivity contribution in [2.24, 2.45) is 0 Å². The number of benzene rings is 1. The summed E-state index contributed by atoms with van der Waals surface area (Å²) in [5.41, 5.74) is 2.36. The molecule has 1 aromatic heterocycles. The van der Waals surface area contributed by atoms with Crippen molar-refractivity contribution in [2.75, 3.05) is 69.0 Å². The van der Waals surface area contributed by atoms with Gasteiger partial charge in [0.1, 0.15) is 22.9 Å². The molecule has 30 heavy (non-hydrogen) atoms. The Balaban J connectivity index is 1.84. The van der Waals surface area contributed by atoms with E-state index in [2.05, 4.69) is 27.0 Å². The minimum atomic E-state index is -0.315. The number of amides is 1. The molecule has 2 heterocycles. The maximum Gasteiger partial charge on any atom is 0.259 e. The first-order chi connectivity index (χ1) is 14.5. The lowest BCUT2D eigenvalue weighted by Crippen LogP contribution is -2.47. The van der Waals surface area contributed by atoms with Crippen molar-refractivity contribution < 1.29 is 13.9 Å². The van der Waals surface area contributed by atoms with Crippen LogP contribution in [0.5, 0.6) is 5.75 Å². The molecule has 0 bridgehead atoms. The fraction of sp³-hybridized carbons (Fsp3) is 0.455. The lowest BCUT2D eigenvalue weighted by molar-refractivity contribution is 0.0828. The van der Waals surface area contributed by atoms with E-state index >= 15 is 0 Å². The summed E-state index contributed by atoms with van der Waals surface area (Å²) in [6, 6.07) is 6.52. The summed E-state index contributed by atoms with van der Waals surface area (Å²) in [7, 11) is 5.05. The van der Waals surface area contributed by atoms with Crippen molar-refractivity contribution in [3.8, 4) is 5.75 Å². The standard InChI is InChI=1S/C22H30FN5O2/c1-5-9-24-21-20(22(29)26(2)3)18(8-10-25-21)28-13-11-27(12-14-28)17-7-6-16(23)15-19(17)30-4/h6-8,10,15H,5,9,11-14H2,1-4H3,(H,24,25). The van der Waals surface area contributed by atoms with Crippen LogP contribution in [0.4, 0.5) is 21.6 Å². The van der Waals surface area contributed by atoms with Crippen LogP contribution < -0.4 is 19.9 Å². The number of piperazine rings is 1. The third-order valence-corrected chi connectivity index (χ3v) is 5.19. The molecule has 1 aliphatic heterocycles. The van der Waals surface area contributed by atoms with E-state index in [0.29, 0.717) is 17.1 Å². The second-order valence-electron chi connectivity index (χ2n) is 7.47. The number of ether oxygens (including phenoxy) is 1. The van der Waals surface area contributed by atoms with Gasteiger partial charge < -0.3 is 24.8 Å². The van der Waals surface area contributed by atoms with Gasteiger partial charge in [0.2, 0.25) is 0 Å². The zero-order valence-corrected chi connectivity index (χ0v) is 18.1. The highest BCUT2D eigenvalue weighted by Gasteiger charge is 2.26. The Bertz CT molecular complexity index is 882. The molecule has 1 saturated heterocycles. The number of anilines is 3. The van der Waals surface area contributed by atoms with Gasteiger partial charge in [-0.2, -0.15) is 0 Å². The zero-order chi connectivity index (χ0) is 21.7. The van der Waals surface area contributed by atoms with Crippen LogP contribution in [0.15, 0.2) is 30.5 Å². The van der Waals surface area contributed by atoms with Crippen LogP contribution in [-0.4, -0.2) is 69.7 Å². The molecule has 0 spiro atoms. The number of nitrogens with one attached hydrogen (secondary N) is 1. The van der Waals surface area contributed by atoms with Crippen LogP contribution in [0.1, 0.15) is 23.7 Å².